The Morgan fingerprint density at radius 2 is 2.33 bits per heavy atom. The van der Waals surface area contributed by atoms with Gasteiger partial charge in [-0.3, -0.25) is 0 Å². The maximum atomic E-state index is 5.68. The summed E-state index contributed by atoms with van der Waals surface area (Å²) in [5.41, 5.74) is 0. The van der Waals surface area contributed by atoms with E-state index in [2.05, 4.69) is 4.98 Å². The summed E-state index contributed by atoms with van der Waals surface area (Å²) in [6.07, 6.45) is 1.62. The van der Waals surface area contributed by atoms with Crippen molar-refractivity contribution in [3.05, 3.63) is 16.6 Å². The third-order valence-corrected chi connectivity index (χ3v) is 1.84. The highest BCUT2D eigenvalue weighted by molar-refractivity contribution is 6.40. The quantitative estimate of drug-likeness (QED) is 0.623. The Hall–Kier alpha value is -0.210. The number of hydrogen-bond acceptors (Lipinski definition) is 1. The van der Waals surface area contributed by atoms with Crippen molar-refractivity contribution in [1.29, 1.82) is 0 Å². The minimum atomic E-state index is 0.374. The van der Waals surface area contributed by atoms with Crippen molar-refractivity contribution < 1.29 is 0 Å². The van der Waals surface area contributed by atoms with Gasteiger partial charge < -0.3 is 4.57 Å². The van der Waals surface area contributed by atoms with Crippen LogP contribution in [-0.4, -0.2) is 9.55 Å². The molecular formula is C5H6Cl2N2. The normalized spacial score (nSPS) is 10.1. The molecule has 0 aromatic carbocycles. The minimum absolute atomic E-state index is 0.374. The van der Waals surface area contributed by atoms with Gasteiger partial charge in [-0.15, -0.1) is 0 Å². The van der Waals surface area contributed by atoms with Gasteiger partial charge in [-0.1, -0.05) is 23.2 Å². The van der Waals surface area contributed by atoms with Crippen molar-refractivity contribution in [2.45, 2.75) is 13.5 Å². The molecule has 9 heavy (non-hydrogen) atoms. The fraction of sp³-hybridized carbons (Fsp3) is 0.400. The van der Waals surface area contributed by atoms with Crippen LogP contribution in [0.4, 0.5) is 0 Å². The third-order valence-electron chi connectivity index (χ3n) is 1.07. The van der Waals surface area contributed by atoms with Crippen LogP contribution in [0.3, 0.4) is 0 Å². The minimum Gasteiger partial charge on any atom is -0.321 e. The number of nitrogens with zero attached hydrogens (tertiary/aromatic N) is 2. The summed E-state index contributed by atoms with van der Waals surface area (Å²) in [6, 6.07) is 0. The molecule has 0 atom stereocenters. The van der Waals surface area contributed by atoms with Gasteiger partial charge in [0.15, 0.2) is 5.15 Å². The maximum absolute atomic E-state index is 5.68. The van der Waals surface area contributed by atoms with E-state index in [0.717, 1.165) is 6.54 Å². The smallest absolute Gasteiger partial charge is 0.166 e. The molecule has 0 unspecified atom stereocenters. The average molecular weight is 165 g/mol. The Morgan fingerprint density at radius 3 is 2.56 bits per heavy atom. The van der Waals surface area contributed by atoms with E-state index in [4.69, 9.17) is 23.2 Å². The molecule has 0 saturated carbocycles. The zero-order chi connectivity index (χ0) is 6.85. The Balaban J connectivity index is 3.04. The van der Waals surface area contributed by atoms with Gasteiger partial charge in [-0.25, -0.2) is 4.98 Å². The number of halogens is 2. The second-order valence-electron chi connectivity index (χ2n) is 1.61. The van der Waals surface area contributed by atoms with Crippen LogP contribution in [0.15, 0.2) is 6.33 Å². The van der Waals surface area contributed by atoms with Crippen molar-refractivity contribution in [1.82, 2.24) is 9.55 Å². The molecule has 1 aromatic rings. The monoisotopic (exact) mass is 164 g/mol. The van der Waals surface area contributed by atoms with Crippen LogP contribution in [0, 0.1) is 0 Å². The van der Waals surface area contributed by atoms with Gasteiger partial charge in [-0.2, -0.15) is 0 Å². The highest BCUT2D eigenvalue weighted by Crippen LogP contribution is 2.18. The summed E-state index contributed by atoms with van der Waals surface area (Å²) < 4.78 is 1.77. The van der Waals surface area contributed by atoms with Crippen molar-refractivity contribution in [2.24, 2.45) is 0 Å². The number of imidazole rings is 1. The maximum Gasteiger partial charge on any atom is 0.166 e. The van der Waals surface area contributed by atoms with E-state index in [1.165, 1.54) is 0 Å². The molecule has 0 bridgehead atoms. The summed E-state index contributed by atoms with van der Waals surface area (Å²) in [7, 11) is 0. The molecule has 1 aromatic heterocycles. The molecule has 0 aliphatic carbocycles. The van der Waals surface area contributed by atoms with Gasteiger partial charge in [0.05, 0.1) is 6.33 Å². The molecule has 0 N–H and O–H groups in total. The number of hydrogen-bond donors (Lipinski definition) is 0. The largest absolute Gasteiger partial charge is 0.321 e. The van der Waals surface area contributed by atoms with Crippen LogP contribution in [0.25, 0.3) is 0 Å². The van der Waals surface area contributed by atoms with Gasteiger partial charge in [0.2, 0.25) is 0 Å². The lowest BCUT2D eigenvalue weighted by Crippen LogP contribution is -1.89. The van der Waals surface area contributed by atoms with E-state index in [1.807, 2.05) is 6.92 Å². The Kier molecular flexibility index (Phi) is 1.98. The Morgan fingerprint density at radius 1 is 1.67 bits per heavy atom. The summed E-state index contributed by atoms with van der Waals surface area (Å²) >= 11 is 11.2. The molecule has 0 saturated heterocycles. The zero-order valence-corrected chi connectivity index (χ0v) is 6.45. The Bertz CT molecular complexity index is 207. The highest BCUT2D eigenvalue weighted by atomic mass is 35.5. The van der Waals surface area contributed by atoms with Crippen molar-refractivity contribution in [3.8, 4) is 0 Å². The van der Waals surface area contributed by atoms with Crippen molar-refractivity contribution in [2.75, 3.05) is 0 Å². The van der Waals surface area contributed by atoms with E-state index in [0.29, 0.717) is 10.3 Å². The average Bonchev–Trinajstić information content (AvgIpc) is 2.15. The second kappa shape index (κ2) is 2.58. The topological polar surface area (TPSA) is 17.8 Å². The number of aromatic nitrogens is 2. The molecule has 1 heterocycles. The lowest BCUT2D eigenvalue weighted by atomic mass is 10.7. The van der Waals surface area contributed by atoms with Crippen LogP contribution >= 0.6 is 23.2 Å². The molecular weight excluding hydrogens is 159 g/mol. The highest BCUT2D eigenvalue weighted by Gasteiger charge is 2.01. The van der Waals surface area contributed by atoms with E-state index >= 15 is 0 Å². The molecule has 0 spiro atoms. The first-order valence-corrected chi connectivity index (χ1v) is 3.37. The van der Waals surface area contributed by atoms with Crippen LogP contribution in [0.1, 0.15) is 6.92 Å². The third kappa shape index (κ3) is 1.19. The molecule has 0 fully saturated rings. The van der Waals surface area contributed by atoms with Crippen LogP contribution in [0.5, 0.6) is 0 Å². The first kappa shape index (κ1) is 6.90. The molecule has 0 aliphatic rings. The molecule has 0 aliphatic heterocycles. The van der Waals surface area contributed by atoms with Crippen molar-refractivity contribution >= 4 is 23.2 Å². The van der Waals surface area contributed by atoms with E-state index in [1.54, 1.807) is 10.9 Å². The summed E-state index contributed by atoms with van der Waals surface area (Å²) in [4.78, 5) is 3.78. The fourth-order valence-electron chi connectivity index (χ4n) is 0.563. The van der Waals surface area contributed by atoms with E-state index < -0.39 is 0 Å². The fourth-order valence-corrected chi connectivity index (χ4v) is 0.927. The lowest BCUT2D eigenvalue weighted by Gasteiger charge is -1.94. The standard InChI is InChI=1S/C5H6Cl2N2/c1-2-9-3-8-4(6)5(9)7/h3H,2H2,1H3. The number of aryl methyl sites for hydroxylation is 1. The van der Waals surface area contributed by atoms with Crippen molar-refractivity contribution in [3.63, 3.8) is 0 Å². The molecule has 4 heteroatoms. The van der Waals surface area contributed by atoms with Crippen LogP contribution < -0.4 is 0 Å². The first-order chi connectivity index (χ1) is 4.25. The predicted molar refractivity (Wildman–Crippen MR) is 37.9 cm³/mol. The second-order valence-corrected chi connectivity index (χ2v) is 2.33. The molecule has 0 amide bonds. The summed E-state index contributed by atoms with van der Waals surface area (Å²) in [6.45, 7) is 2.78. The van der Waals surface area contributed by atoms with Gasteiger partial charge in [0.1, 0.15) is 5.15 Å². The SMILES string of the molecule is CCn1cnc(Cl)c1Cl. The summed E-state index contributed by atoms with van der Waals surface area (Å²) in [5, 5.41) is 0.887. The van der Waals surface area contributed by atoms with Crippen LogP contribution in [-0.2, 0) is 6.54 Å². The lowest BCUT2D eigenvalue weighted by molar-refractivity contribution is 0.762. The molecule has 50 valence electrons. The van der Waals surface area contributed by atoms with E-state index in [9.17, 15) is 0 Å². The number of rotatable bonds is 1. The van der Waals surface area contributed by atoms with Gasteiger partial charge in [0.25, 0.3) is 0 Å². The predicted octanol–water partition coefficient (Wildman–Crippen LogP) is 2.21. The molecule has 2 nitrogen and oxygen atoms in total. The van der Waals surface area contributed by atoms with Crippen LogP contribution in [0.2, 0.25) is 10.3 Å². The first-order valence-electron chi connectivity index (χ1n) is 2.61. The van der Waals surface area contributed by atoms with Gasteiger partial charge in [-0.05, 0) is 6.92 Å². The zero-order valence-electron chi connectivity index (χ0n) is 4.93. The molecule has 1 rings (SSSR count). The summed E-state index contributed by atoms with van der Waals surface area (Å²) in [5.74, 6) is 0. The van der Waals surface area contributed by atoms with E-state index in [-0.39, 0.29) is 0 Å². The van der Waals surface area contributed by atoms with Gasteiger partial charge in [0, 0.05) is 6.54 Å². The Labute approximate surface area is 63.4 Å². The molecule has 0 radical (unpaired) electrons. The van der Waals surface area contributed by atoms with Gasteiger partial charge >= 0.3 is 0 Å².